The van der Waals surface area contributed by atoms with Crippen LogP contribution in [0.5, 0.6) is 0 Å². The molecule has 0 aliphatic carbocycles. The lowest BCUT2D eigenvalue weighted by Crippen LogP contribution is -2.04. The lowest BCUT2D eigenvalue weighted by molar-refractivity contribution is -0.137. The number of thiophene rings is 1. The van der Waals surface area contributed by atoms with Crippen LogP contribution in [0.15, 0.2) is 24.3 Å². The SMILES string of the molecule is FC(F)(F)c1ccc2nc(-c3cc(Cl)sc3Cl)[nH]c2c1. The maximum Gasteiger partial charge on any atom is 0.416 e. The maximum absolute atomic E-state index is 12.6. The van der Waals surface area contributed by atoms with Gasteiger partial charge in [0.25, 0.3) is 0 Å². The Labute approximate surface area is 125 Å². The van der Waals surface area contributed by atoms with Gasteiger partial charge in [-0.1, -0.05) is 23.2 Å². The van der Waals surface area contributed by atoms with Crippen LogP contribution in [0.1, 0.15) is 5.56 Å². The quantitative estimate of drug-likeness (QED) is 0.614. The van der Waals surface area contributed by atoms with Crippen LogP contribution in [0.25, 0.3) is 22.4 Å². The third kappa shape index (κ3) is 2.39. The van der Waals surface area contributed by atoms with E-state index >= 15 is 0 Å². The van der Waals surface area contributed by atoms with Crippen molar-refractivity contribution in [3.8, 4) is 11.4 Å². The molecule has 8 heteroatoms. The Morgan fingerprint density at radius 1 is 1.15 bits per heavy atom. The molecular formula is C12H5Cl2F3N2S. The van der Waals surface area contributed by atoms with Gasteiger partial charge in [0.2, 0.25) is 0 Å². The summed E-state index contributed by atoms with van der Waals surface area (Å²) in [4.78, 5) is 7.05. The second-order valence-electron chi connectivity index (χ2n) is 4.05. The number of nitrogens with zero attached hydrogens (tertiary/aromatic N) is 1. The molecule has 0 aliphatic rings. The number of H-pyrrole nitrogens is 1. The molecular weight excluding hydrogens is 332 g/mol. The van der Waals surface area contributed by atoms with Crippen molar-refractivity contribution < 1.29 is 13.2 Å². The number of hydrogen-bond acceptors (Lipinski definition) is 2. The van der Waals surface area contributed by atoms with Crippen molar-refractivity contribution in [3.05, 3.63) is 38.5 Å². The molecule has 0 bridgehead atoms. The average Bonchev–Trinajstić information content (AvgIpc) is 2.89. The van der Waals surface area contributed by atoms with E-state index in [0.29, 0.717) is 31.1 Å². The number of aromatic nitrogens is 2. The van der Waals surface area contributed by atoms with Crippen molar-refractivity contribution >= 4 is 45.6 Å². The van der Waals surface area contributed by atoms with Crippen molar-refractivity contribution in [1.29, 1.82) is 0 Å². The summed E-state index contributed by atoms with van der Waals surface area (Å²) in [5.74, 6) is 0.396. The number of rotatable bonds is 1. The molecule has 2 nitrogen and oxygen atoms in total. The number of imidazole rings is 1. The van der Waals surface area contributed by atoms with Gasteiger partial charge >= 0.3 is 6.18 Å². The monoisotopic (exact) mass is 336 g/mol. The number of alkyl halides is 3. The normalized spacial score (nSPS) is 12.2. The summed E-state index contributed by atoms with van der Waals surface area (Å²) in [6.45, 7) is 0. The predicted molar refractivity (Wildman–Crippen MR) is 74.4 cm³/mol. The first-order valence-corrected chi connectivity index (χ1v) is 6.94. The van der Waals surface area contributed by atoms with E-state index in [1.165, 1.54) is 17.4 Å². The first-order chi connectivity index (χ1) is 9.34. The molecule has 0 amide bonds. The van der Waals surface area contributed by atoms with Crippen LogP contribution in [-0.2, 0) is 6.18 Å². The van der Waals surface area contributed by atoms with Gasteiger partial charge in [-0.15, -0.1) is 11.3 Å². The molecule has 20 heavy (non-hydrogen) atoms. The van der Waals surface area contributed by atoms with Crippen molar-refractivity contribution in [2.24, 2.45) is 0 Å². The maximum atomic E-state index is 12.6. The highest BCUT2D eigenvalue weighted by atomic mass is 35.5. The summed E-state index contributed by atoms with van der Waals surface area (Å²) in [5.41, 5.74) is 0.584. The molecule has 2 heterocycles. The number of fused-ring (bicyclic) bond motifs is 1. The van der Waals surface area contributed by atoms with Gasteiger partial charge in [0, 0.05) is 5.56 Å². The molecule has 104 valence electrons. The molecule has 0 fully saturated rings. The van der Waals surface area contributed by atoms with Gasteiger partial charge in [-0.3, -0.25) is 0 Å². The second-order valence-corrected chi connectivity index (χ2v) is 6.34. The van der Waals surface area contributed by atoms with E-state index < -0.39 is 11.7 Å². The molecule has 3 aromatic rings. The highest BCUT2D eigenvalue weighted by Gasteiger charge is 2.30. The number of hydrogen-bond donors (Lipinski definition) is 1. The molecule has 0 unspecified atom stereocenters. The Morgan fingerprint density at radius 3 is 2.50 bits per heavy atom. The minimum absolute atomic E-state index is 0.299. The van der Waals surface area contributed by atoms with E-state index in [9.17, 15) is 13.2 Å². The smallest absolute Gasteiger partial charge is 0.338 e. The summed E-state index contributed by atoms with van der Waals surface area (Å²) in [6, 6.07) is 4.96. The molecule has 3 rings (SSSR count). The van der Waals surface area contributed by atoms with Crippen LogP contribution in [0, 0.1) is 0 Å². The van der Waals surface area contributed by atoms with Crippen molar-refractivity contribution in [2.75, 3.05) is 0 Å². The molecule has 1 N–H and O–H groups in total. The van der Waals surface area contributed by atoms with E-state index in [0.717, 1.165) is 12.1 Å². The van der Waals surface area contributed by atoms with Crippen molar-refractivity contribution in [1.82, 2.24) is 9.97 Å². The Hall–Kier alpha value is -1.24. The van der Waals surface area contributed by atoms with Gasteiger partial charge in [0.05, 0.1) is 20.9 Å². The van der Waals surface area contributed by atoms with Gasteiger partial charge in [0.15, 0.2) is 0 Å². The van der Waals surface area contributed by atoms with Crippen LogP contribution < -0.4 is 0 Å². The highest BCUT2D eigenvalue weighted by molar-refractivity contribution is 7.20. The van der Waals surface area contributed by atoms with Crippen molar-refractivity contribution in [3.63, 3.8) is 0 Å². The fourth-order valence-electron chi connectivity index (χ4n) is 1.82. The van der Waals surface area contributed by atoms with Crippen LogP contribution in [-0.4, -0.2) is 9.97 Å². The summed E-state index contributed by atoms with van der Waals surface area (Å²) in [6.07, 6.45) is -4.39. The lowest BCUT2D eigenvalue weighted by Gasteiger charge is -2.05. The zero-order valence-electron chi connectivity index (χ0n) is 9.55. The summed E-state index contributed by atoms with van der Waals surface area (Å²) >= 11 is 13.0. The molecule has 1 aromatic carbocycles. The van der Waals surface area contributed by atoms with E-state index in [1.807, 2.05) is 0 Å². The second kappa shape index (κ2) is 4.65. The fourth-order valence-corrected chi connectivity index (χ4v) is 3.28. The molecule has 0 saturated carbocycles. The molecule has 0 aliphatic heterocycles. The summed E-state index contributed by atoms with van der Waals surface area (Å²) < 4.78 is 38.8. The van der Waals surface area contributed by atoms with Gasteiger partial charge in [-0.05, 0) is 24.3 Å². The van der Waals surface area contributed by atoms with Crippen LogP contribution >= 0.6 is 34.5 Å². The molecule has 0 spiro atoms. The van der Waals surface area contributed by atoms with Gasteiger partial charge in [-0.2, -0.15) is 13.2 Å². The molecule has 0 atom stereocenters. The minimum Gasteiger partial charge on any atom is -0.338 e. The Morgan fingerprint density at radius 2 is 1.90 bits per heavy atom. The molecule has 0 saturated heterocycles. The number of aromatic amines is 1. The molecule has 0 radical (unpaired) electrons. The third-order valence-electron chi connectivity index (χ3n) is 2.72. The zero-order chi connectivity index (χ0) is 14.5. The van der Waals surface area contributed by atoms with E-state index in [4.69, 9.17) is 23.2 Å². The number of benzene rings is 1. The largest absolute Gasteiger partial charge is 0.416 e. The highest BCUT2D eigenvalue weighted by Crippen LogP contribution is 2.38. The molecule has 2 aromatic heterocycles. The standard InChI is InChI=1S/C12H5Cl2F3N2S/c13-9-4-6(10(14)20-9)11-18-7-2-1-5(12(15,16)17)3-8(7)19-11/h1-4H,(H,18,19). The van der Waals surface area contributed by atoms with E-state index in [1.54, 1.807) is 6.07 Å². The van der Waals surface area contributed by atoms with Crippen LogP contribution in [0.3, 0.4) is 0 Å². The first kappa shape index (κ1) is 13.7. The number of nitrogens with one attached hydrogen (secondary N) is 1. The van der Waals surface area contributed by atoms with Crippen LogP contribution in [0.2, 0.25) is 8.67 Å². The summed E-state index contributed by atoms with van der Waals surface area (Å²) in [5, 5.41) is 0. The topological polar surface area (TPSA) is 28.7 Å². The Bertz CT molecular complexity index is 792. The third-order valence-corrected chi connectivity index (χ3v) is 4.21. The Kier molecular flexibility index (Phi) is 3.19. The minimum atomic E-state index is -4.39. The Balaban J connectivity index is 2.14. The first-order valence-electron chi connectivity index (χ1n) is 5.37. The van der Waals surface area contributed by atoms with Gasteiger partial charge < -0.3 is 4.98 Å². The number of halogens is 5. The van der Waals surface area contributed by atoms with Crippen LogP contribution in [0.4, 0.5) is 13.2 Å². The fraction of sp³-hybridized carbons (Fsp3) is 0.0833. The van der Waals surface area contributed by atoms with Gasteiger partial charge in [0.1, 0.15) is 10.2 Å². The van der Waals surface area contributed by atoms with E-state index in [2.05, 4.69) is 9.97 Å². The van der Waals surface area contributed by atoms with Crippen molar-refractivity contribution in [2.45, 2.75) is 6.18 Å². The zero-order valence-corrected chi connectivity index (χ0v) is 11.9. The van der Waals surface area contributed by atoms with Gasteiger partial charge in [-0.25, -0.2) is 4.98 Å². The lowest BCUT2D eigenvalue weighted by atomic mass is 10.2. The predicted octanol–water partition coefficient (Wildman–Crippen LogP) is 5.62. The average molecular weight is 337 g/mol. The summed E-state index contributed by atoms with van der Waals surface area (Å²) in [7, 11) is 0. The van der Waals surface area contributed by atoms with E-state index in [-0.39, 0.29) is 0 Å².